The number of nitrogens with one attached hydrogen (secondary N) is 1. The molecule has 0 unspecified atom stereocenters. The number of aromatic nitrogens is 2. The first-order valence-corrected chi connectivity index (χ1v) is 10.9. The zero-order valence-electron chi connectivity index (χ0n) is 17.8. The molecule has 2 aromatic carbocycles. The molecule has 2 amide bonds. The van der Waals surface area contributed by atoms with Gasteiger partial charge in [-0.05, 0) is 35.6 Å². The third-order valence-corrected chi connectivity index (χ3v) is 5.77. The molecule has 1 aliphatic rings. The number of nitrogens with zero attached hydrogens (tertiary/aromatic N) is 3. The van der Waals surface area contributed by atoms with Crippen LogP contribution in [0.5, 0.6) is 0 Å². The van der Waals surface area contributed by atoms with Gasteiger partial charge in [0.1, 0.15) is 5.69 Å². The molecule has 1 N–H and O–H groups in total. The molecule has 1 saturated heterocycles. The van der Waals surface area contributed by atoms with E-state index < -0.39 is 0 Å². The first-order valence-electron chi connectivity index (χ1n) is 10.9. The smallest absolute Gasteiger partial charge is 0.271 e. The molecule has 0 bridgehead atoms. The molecule has 0 aliphatic carbocycles. The summed E-state index contributed by atoms with van der Waals surface area (Å²) in [6, 6.07) is 20.3. The monoisotopic (exact) mass is 416 g/mol. The molecule has 1 aromatic heterocycles. The first-order chi connectivity index (χ1) is 15.2. The van der Waals surface area contributed by atoms with E-state index in [2.05, 4.69) is 47.5 Å². The largest absolute Gasteiger partial charge is 0.341 e. The van der Waals surface area contributed by atoms with Crippen molar-refractivity contribution in [3.63, 3.8) is 0 Å². The van der Waals surface area contributed by atoms with E-state index in [-0.39, 0.29) is 17.7 Å². The summed E-state index contributed by atoms with van der Waals surface area (Å²) in [6.45, 7) is 4.29. The second-order valence-corrected chi connectivity index (χ2v) is 8.01. The summed E-state index contributed by atoms with van der Waals surface area (Å²) >= 11 is 0. The third-order valence-electron chi connectivity index (χ3n) is 5.77. The van der Waals surface area contributed by atoms with Gasteiger partial charge < -0.3 is 9.80 Å². The number of aromatic amines is 1. The van der Waals surface area contributed by atoms with Crippen molar-refractivity contribution in [2.75, 3.05) is 26.2 Å². The highest BCUT2D eigenvalue weighted by Gasteiger charge is 2.32. The van der Waals surface area contributed by atoms with Crippen LogP contribution in [-0.2, 0) is 11.2 Å². The van der Waals surface area contributed by atoms with Crippen molar-refractivity contribution in [1.82, 2.24) is 20.0 Å². The van der Waals surface area contributed by atoms with Crippen molar-refractivity contribution in [2.24, 2.45) is 5.92 Å². The van der Waals surface area contributed by atoms with Crippen LogP contribution in [-0.4, -0.2) is 58.0 Å². The Balaban J connectivity index is 1.58. The minimum Gasteiger partial charge on any atom is -0.341 e. The van der Waals surface area contributed by atoms with Gasteiger partial charge in [0.25, 0.3) is 5.91 Å². The van der Waals surface area contributed by atoms with Gasteiger partial charge in [0.05, 0.1) is 5.92 Å². The SMILES string of the molecule is CCCN1CCN(C(=O)c2ccn[nH]2)C[C@@H](Cc2cccc(-c3ccccc3)c2)C1=O. The molecule has 31 heavy (non-hydrogen) atoms. The average molecular weight is 417 g/mol. The minimum absolute atomic E-state index is 0.105. The predicted octanol–water partition coefficient (Wildman–Crippen LogP) is 3.63. The van der Waals surface area contributed by atoms with Crippen LogP contribution in [0.25, 0.3) is 11.1 Å². The van der Waals surface area contributed by atoms with Crippen molar-refractivity contribution in [3.05, 3.63) is 78.1 Å². The van der Waals surface area contributed by atoms with E-state index in [9.17, 15) is 9.59 Å². The van der Waals surface area contributed by atoms with Gasteiger partial charge in [-0.3, -0.25) is 14.7 Å². The molecular formula is C25H28N4O2. The normalized spacial score (nSPS) is 16.9. The van der Waals surface area contributed by atoms with Gasteiger partial charge in [-0.2, -0.15) is 5.10 Å². The van der Waals surface area contributed by atoms with E-state index in [0.29, 0.717) is 38.3 Å². The second-order valence-electron chi connectivity index (χ2n) is 8.01. The van der Waals surface area contributed by atoms with E-state index in [1.54, 1.807) is 17.2 Å². The van der Waals surface area contributed by atoms with E-state index in [4.69, 9.17) is 0 Å². The van der Waals surface area contributed by atoms with Crippen molar-refractivity contribution in [1.29, 1.82) is 0 Å². The van der Waals surface area contributed by atoms with Crippen LogP contribution in [0.4, 0.5) is 0 Å². The average Bonchev–Trinajstić information content (AvgIpc) is 3.30. The van der Waals surface area contributed by atoms with Crippen molar-refractivity contribution in [3.8, 4) is 11.1 Å². The van der Waals surface area contributed by atoms with Crippen LogP contribution in [0, 0.1) is 5.92 Å². The highest BCUT2D eigenvalue weighted by molar-refractivity contribution is 5.93. The second kappa shape index (κ2) is 9.60. The lowest BCUT2D eigenvalue weighted by molar-refractivity contribution is -0.134. The standard InChI is InChI=1S/C25H28N4O2/c1-2-13-28-14-15-29(25(31)23-11-12-26-27-23)18-22(24(28)30)17-19-7-6-10-21(16-19)20-8-4-3-5-9-20/h3-12,16,22H,2,13-15,17-18H2,1H3,(H,26,27)/t22-/m1/s1. The summed E-state index contributed by atoms with van der Waals surface area (Å²) in [6.07, 6.45) is 3.08. The Morgan fingerprint density at radius 1 is 1.06 bits per heavy atom. The number of amides is 2. The quantitative estimate of drug-likeness (QED) is 0.667. The fourth-order valence-corrected chi connectivity index (χ4v) is 4.21. The van der Waals surface area contributed by atoms with Crippen LogP contribution in [0.2, 0.25) is 0 Å². The summed E-state index contributed by atoms with van der Waals surface area (Å²) in [5, 5.41) is 6.65. The van der Waals surface area contributed by atoms with Gasteiger partial charge in [0, 0.05) is 32.4 Å². The highest BCUT2D eigenvalue weighted by Crippen LogP contribution is 2.23. The molecule has 6 heteroatoms. The number of hydrogen-bond acceptors (Lipinski definition) is 3. The van der Waals surface area contributed by atoms with Crippen LogP contribution >= 0.6 is 0 Å². The van der Waals surface area contributed by atoms with Gasteiger partial charge in [0.2, 0.25) is 5.91 Å². The minimum atomic E-state index is -0.271. The fraction of sp³-hybridized carbons (Fsp3) is 0.320. The number of hydrogen-bond donors (Lipinski definition) is 1. The van der Waals surface area contributed by atoms with Crippen molar-refractivity contribution in [2.45, 2.75) is 19.8 Å². The van der Waals surface area contributed by atoms with Crippen LogP contribution in [0.3, 0.4) is 0 Å². The molecule has 4 rings (SSSR count). The molecule has 1 aliphatic heterocycles. The lowest BCUT2D eigenvalue weighted by atomic mass is 9.94. The van der Waals surface area contributed by atoms with Gasteiger partial charge in [0.15, 0.2) is 0 Å². The van der Waals surface area contributed by atoms with Gasteiger partial charge in [-0.1, -0.05) is 61.5 Å². The van der Waals surface area contributed by atoms with Gasteiger partial charge in [-0.15, -0.1) is 0 Å². The maximum Gasteiger partial charge on any atom is 0.271 e. The predicted molar refractivity (Wildman–Crippen MR) is 120 cm³/mol. The lowest BCUT2D eigenvalue weighted by Crippen LogP contribution is -2.38. The Morgan fingerprint density at radius 2 is 1.87 bits per heavy atom. The van der Waals surface area contributed by atoms with E-state index in [0.717, 1.165) is 23.1 Å². The topological polar surface area (TPSA) is 69.3 Å². The third kappa shape index (κ3) is 4.85. The lowest BCUT2D eigenvalue weighted by Gasteiger charge is -2.24. The summed E-state index contributed by atoms with van der Waals surface area (Å²) in [4.78, 5) is 30.0. The maximum absolute atomic E-state index is 13.3. The summed E-state index contributed by atoms with van der Waals surface area (Å²) in [5.41, 5.74) is 3.85. The van der Waals surface area contributed by atoms with Crippen LogP contribution < -0.4 is 0 Å². The summed E-state index contributed by atoms with van der Waals surface area (Å²) < 4.78 is 0. The van der Waals surface area contributed by atoms with E-state index >= 15 is 0 Å². The number of carbonyl (C=O) groups is 2. The molecule has 1 fully saturated rings. The number of H-pyrrole nitrogens is 1. The van der Waals surface area contributed by atoms with Crippen molar-refractivity contribution >= 4 is 11.8 Å². The Morgan fingerprint density at radius 3 is 2.61 bits per heavy atom. The fourth-order valence-electron chi connectivity index (χ4n) is 4.21. The Bertz CT molecular complexity index is 1020. The molecule has 160 valence electrons. The zero-order valence-corrected chi connectivity index (χ0v) is 17.8. The molecule has 1 atom stereocenters. The number of carbonyl (C=O) groups excluding carboxylic acids is 2. The van der Waals surface area contributed by atoms with E-state index in [1.807, 2.05) is 29.2 Å². The zero-order chi connectivity index (χ0) is 21.6. The molecule has 0 spiro atoms. The summed E-state index contributed by atoms with van der Waals surface area (Å²) in [7, 11) is 0. The highest BCUT2D eigenvalue weighted by atomic mass is 16.2. The Labute approximate surface area is 182 Å². The number of benzene rings is 2. The molecular weight excluding hydrogens is 388 g/mol. The van der Waals surface area contributed by atoms with Crippen molar-refractivity contribution < 1.29 is 9.59 Å². The van der Waals surface area contributed by atoms with Gasteiger partial charge in [-0.25, -0.2) is 0 Å². The van der Waals surface area contributed by atoms with Crippen LogP contribution in [0.15, 0.2) is 66.9 Å². The molecule has 0 radical (unpaired) electrons. The van der Waals surface area contributed by atoms with E-state index in [1.165, 1.54) is 0 Å². The Kier molecular flexibility index (Phi) is 6.46. The summed E-state index contributed by atoms with van der Waals surface area (Å²) in [5.74, 6) is -0.245. The first kappa shape index (κ1) is 20.8. The molecule has 2 heterocycles. The number of rotatable bonds is 6. The van der Waals surface area contributed by atoms with Gasteiger partial charge >= 0.3 is 0 Å². The molecule has 3 aromatic rings. The molecule has 6 nitrogen and oxygen atoms in total. The Hall–Kier alpha value is -3.41. The van der Waals surface area contributed by atoms with Crippen LogP contribution in [0.1, 0.15) is 29.4 Å². The molecule has 0 saturated carbocycles. The maximum atomic E-state index is 13.3.